The van der Waals surface area contributed by atoms with E-state index in [1.165, 1.54) is 5.56 Å². The van der Waals surface area contributed by atoms with Gasteiger partial charge < -0.3 is 4.43 Å². The van der Waals surface area contributed by atoms with Gasteiger partial charge in [0.15, 0.2) is 0 Å². The minimum atomic E-state index is -1.72. The monoisotopic (exact) mass is 290 g/mol. The summed E-state index contributed by atoms with van der Waals surface area (Å²) in [5.74, 6) is 0. The predicted octanol–water partition coefficient (Wildman–Crippen LogP) is 5.89. The average Bonchev–Trinajstić information content (AvgIpc) is 2.38. The molecule has 0 aliphatic carbocycles. The highest BCUT2D eigenvalue weighted by Gasteiger charge is 2.44. The zero-order valence-corrected chi connectivity index (χ0v) is 14.9. The lowest BCUT2D eigenvalue weighted by Crippen LogP contribution is -2.47. The third-order valence-electron chi connectivity index (χ3n) is 4.25. The molecule has 0 aliphatic heterocycles. The SMILES string of the molecule is CC(C)[Si](OC/C=C/c1ccccc1)(C(C)C)C(C)C. The van der Waals surface area contributed by atoms with Crippen LogP contribution >= 0.6 is 0 Å². The fraction of sp³-hybridized carbons (Fsp3) is 0.556. The second-order valence-electron chi connectivity index (χ2n) is 6.44. The summed E-state index contributed by atoms with van der Waals surface area (Å²) in [4.78, 5) is 0. The lowest BCUT2D eigenvalue weighted by atomic mass is 10.2. The molecule has 0 N–H and O–H groups in total. The summed E-state index contributed by atoms with van der Waals surface area (Å²) in [6.07, 6.45) is 4.31. The fourth-order valence-electron chi connectivity index (χ4n) is 3.44. The molecular formula is C18H30OSi. The molecule has 1 aromatic carbocycles. The van der Waals surface area contributed by atoms with E-state index in [4.69, 9.17) is 4.43 Å². The number of hydrogen-bond acceptors (Lipinski definition) is 1. The lowest BCUT2D eigenvalue weighted by Gasteiger charge is -2.41. The van der Waals surface area contributed by atoms with Crippen LogP contribution in [0.5, 0.6) is 0 Å². The van der Waals surface area contributed by atoms with Gasteiger partial charge in [-0.25, -0.2) is 0 Å². The van der Waals surface area contributed by atoms with Gasteiger partial charge in [-0.05, 0) is 22.2 Å². The van der Waals surface area contributed by atoms with Crippen molar-refractivity contribution in [2.45, 2.75) is 58.2 Å². The third kappa shape index (κ3) is 4.06. The van der Waals surface area contributed by atoms with Gasteiger partial charge in [-0.2, -0.15) is 0 Å². The van der Waals surface area contributed by atoms with Crippen molar-refractivity contribution in [2.75, 3.05) is 6.61 Å². The van der Waals surface area contributed by atoms with Gasteiger partial charge in [0.1, 0.15) is 0 Å². The van der Waals surface area contributed by atoms with E-state index >= 15 is 0 Å². The summed E-state index contributed by atoms with van der Waals surface area (Å²) < 4.78 is 6.49. The molecule has 2 heteroatoms. The summed E-state index contributed by atoms with van der Waals surface area (Å²) in [6.45, 7) is 14.7. The van der Waals surface area contributed by atoms with Crippen molar-refractivity contribution >= 4 is 14.4 Å². The summed E-state index contributed by atoms with van der Waals surface area (Å²) in [5.41, 5.74) is 3.18. The Balaban J connectivity index is 2.71. The molecule has 0 heterocycles. The number of rotatable bonds is 7. The van der Waals surface area contributed by atoms with Gasteiger partial charge >= 0.3 is 0 Å². The molecule has 0 aromatic heterocycles. The third-order valence-corrected chi connectivity index (χ3v) is 10.3. The van der Waals surface area contributed by atoms with Crippen LogP contribution in [-0.2, 0) is 4.43 Å². The first-order chi connectivity index (χ1) is 9.41. The Labute approximate surface area is 126 Å². The van der Waals surface area contributed by atoms with Crippen LogP contribution in [0.4, 0.5) is 0 Å². The Hall–Kier alpha value is -0.863. The molecule has 0 amide bonds. The molecule has 0 saturated heterocycles. The molecule has 1 aromatic rings. The highest BCUT2D eigenvalue weighted by Crippen LogP contribution is 2.42. The first-order valence-electron chi connectivity index (χ1n) is 7.76. The van der Waals surface area contributed by atoms with Gasteiger partial charge in [-0.1, -0.05) is 84.0 Å². The van der Waals surface area contributed by atoms with Crippen LogP contribution in [0.1, 0.15) is 47.1 Å². The zero-order chi connectivity index (χ0) is 15.2. The van der Waals surface area contributed by atoms with Crippen LogP contribution in [0.25, 0.3) is 6.08 Å². The number of benzene rings is 1. The van der Waals surface area contributed by atoms with Crippen LogP contribution in [0.2, 0.25) is 16.6 Å². The van der Waals surface area contributed by atoms with Crippen LogP contribution in [0, 0.1) is 0 Å². The minimum Gasteiger partial charge on any atom is -0.412 e. The molecule has 0 spiro atoms. The summed E-state index contributed by atoms with van der Waals surface area (Å²) in [7, 11) is -1.72. The highest BCUT2D eigenvalue weighted by atomic mass is 28.4. The van der Waals surface area contributed by atoms with Gasteiger partial charge in [-0.15, -0.1) is 0 Å². The quantitative estimate of drug-likeness (QED) is 0.569. The van der Waals surface area contributed by atoms with E-state index in [2.05, 4.69) is 78.0 Å². The predicted molar refractivity (Wildman–Crippen MR) is 92.5 cm³/mol. The molecule has 0 radical (unpaired) electrons. The van der Waals surface area contributed by atoms with Crippen molar-refractivity contribution in [3.8, 4) is 0 Å². The maximum Gasteiger partial charge on any atom is 0.200 e. The standard InChI is InChI=1S/C18H30OSi/c1-15(2)20(16(3)4,17(5)6)19-14-10-13-18-11-8-7-9-12-18/h7-13,15-17H,14H2,1-6H3/b13-10+. The van der Waals surface area contributed by atoms with Crippen molar-refractivity contribution < 1.29 is 4.43 Å². The Morgan fingerprint density at radius 3 is 1.85 bits per heavy atom. The highest BCUT2D eigenvalue weighted by molar-refractivity contribution is 6.77. The molecule has 0 aliphatic rings. The fourth-order valence-corrected chi connectivity index (χ4v) is 8.83. The van der Waals surface area contributed by atoms with Gasteiger partial charge in [0, 0.05) is 0 Å². The second kappa shape index (κ2) is 7.80. The molecule has 1 nitrogen and oxygen atoms in total. The maximum absolute atomic E-state index is 6.49. The molecule has 0 saturated carbocycles. The summed E-state index contributed by atoms with van der Waals surface area (Å²) >= 11 is 0. The summed E-state index contributed by atoms with van der Waals surface area (Å²) in [5, 5.41) is 0. The molecule has 0 fully saturated rings. The Morgan fingerprint density at radius 1 is 0.900 bits per heavy atom. The van der Waals surface area contributed by atoms with Crippen LogP contribution in [0.3, 0.4) is 0 Å². The van der Waals surface area contributed by atoms with Gasteiger partial charge in [0.05, 0.1) is 6.61 Å². The van der Waals surface area contributed by atoms with E-state index in [0.29, 0.717) is 16.6 Å². The van der Waals surface area contributed by atoms with Crippen LogP contribution in [-0.4, -0.2) is 14.9 Å². The second-order valence-corrected chi connectivity index (χ2v) is 11.9. The number of hydrogen-bond donors (Lipinski definition) is 0. The molecule has 0 atom stereocenters. The van der Waals surface area contributed by atoms with E-state index < -0.39 is 8.32 Å². The van der Waals surface area contributed by atoms with Crippen molar-refractivity contribution in [3.63, 3.8) is 0 Å². The molecular weight excluding hydrogens is 260 g/mol. The average molecular weight is 291 g/mol. The van der Waals surface area contributed by atoms with E-state index in [1.807, 2.05) is 6.07 Å². The Morgan fingerprint density at radius 2 is 1.40 bits per heavy atom. The molecule has 112 valence electrons. The van der Waals surface area contributed by atoms with E-state index in [0.717, 1.165) is 6.61 Å². The van der Waals surface area contributed by atoms with Gasteiger partial charge in [-0.3, -0.25) is 0 Å². The first kappa shape index (κ1) is 17.2. The Kier molecular flexibility index (Phi) is 6.70. The minimum absolute atomic E-state index is 0.646. The van der Waals surface area contributed by atoms with Crippen LogP contribution < -0.4 is 0 Å². The van der Waals surface area contributed by atoms with Crippen LogP contribution in [0.15, 0.2) is 36.4 Å². The maximum atomic E-state index is 6.49. The normalized spacial score (nSPS) is 13.1. The molecule has 0 bridgehead atoms. The van der Waals surface area contributed by atoms with E-state index in [1.54, 1.807) is 0 Å². The largest absolute Gasteiger partial charge is 0.412 e. The molecule has 1 rings (SSSR count). The molecule has 0 unspecified atom stereocenters. The smallest absolute Gasteiger partial charge is 0.200 e. The summed E-state index contributed by atoms with van der Waals surface area (Å²) in [6, 6.07) is 10.4. The van der Waals surface area contributed by atoms with Gasteiger partial charge in [0.2, 0.25) is 8.32 Å². The lowest BCUT2D eigenvalue weighted by molar-refractivity contribution is 0.316. The topological polar surface area (TPSA) is 9.23 Å². The van der Waals surface area contributed by atoms with E-state index in [9.17, 15) is 0 Å². The van der Waals surface area contributed by atoms with Gasteiger partial charge in [0.25, 0.3) is 0 Å². The van der Waals surface area contributed by atoms with E-state index in [-0.39, 0.29) is 0 Å². The van der Waals surface area contributed by atoms with Crippen molar-refractivity contribution in [1.29, 1.82) is 0 Å². The van der Waals surface area contributed by atoms with Crippen molar-refractivity contribution in [2.24, 2.45) is 0 Å². The van der Waals surface area contributed by atoms with Crippen molar-refractivity contribution in [1.82, 2.24) is 0 Å². The van der Waals surface area contributed by atoms with Crippen molar-refractivity contribution in [3.05, 3.63) is 42.0 Å². The molecule has 20 heavy (non-hydrogen) atoms. The zero-order valence-electron chi connectivity index (χ0n) is 13.9. The first-order valence-corrected chi connectivity index (χ1v) is 9.90. The Bertz CT molecular complexity index is 385.